The number of sulfone groups is 1. The molecule has 1 atom stereocenters. The summed E-state index contributed by atoms with van der Waals surface area (Å²) in [5.74, 6) is 0.995. The van der Waals surface area contributed by atoms with Crippen LogP contribution in [0.2, 0.25) is 0 Å². The van der Waals surface area contributed by atoms with Gasteiger partial charge in [-0.3, -0.25) is 0 Å². The highest BCUT2D eigenvalue weighted by Gasteiger charge is 2.35. The molecule has 0 spiro atoms. The molecule has 1 heterocycles. The van der Waals surface area contributed by atoms with Gasteiger partial charge in [0, 0.05) is 5.92 Å². The maximum atomic E-state index is 11.8. The third-order valence-electron chi connectivity index (χ3n) is 4.06. The first-order valence-corrected chi connectivity index (χ1v) is 8.78. The lowest BCUT2D eigenvalue weighted by Gasteiger charge is -2.23. The second-order valence-electron chi connectivity index (χ2n) is 5.46. The maximum absolute atomic E-state index is 11.8. The van der Waals surface area contributed by atoms with E-state index in [0.29, 0.717) is 11.5 Å². The number of benzene rings is 2. The van der Waals surface area contributed by atoms with Gasteiger partial charge in [-0.15, -0.1) is 0 Å². The van der Waals surface area contributed by atoms with E-state index in [-0.39, 0.29) is 11.8 Å². The van der Waals surface area contributed by atoms with Gasteiger partial charge in [-0.2, -0.15) is 0 Å². The molecule has 3 rings (SSSR count). The smallest absolute Gasteiger partial charge is 0.150 e. The zero-order chi connectivity index (χ0) is 14.0. The molecule has 3 heteroatoms. The summed E-state index contributed by atoms with van der Waals surface area (Å²) in [6.45, 7) is 0. The first-order chi connectivity index (χ1) is 9.66. The standard InChI is InChI=1S/C17H18O2S/c18-20(19)12-11-16(13-20)17(14-7-3-1-4-8-14)15-9-5-2-6-10-15/h1-10,16-17H,11-13H2. The molecule has 1 aliphatic heterocycles. The monoisotopic (exact) mass is 286 g/mol. The fourth-order valence-electron chi connectivity index (χ4n) is 3.14. The highest BCUT2D eigenvalue weighted by Crippen LogP contribution is 2.38. The van der Waals surface area contributed by atoms with Crippen molar-refractivity contribution in [2.75, 3.05) is 11.5 Å². The Bertz CT molecular complexity index is 623. The molecule has 0 aromatic heterocycles. The minimum absolute atomic E-state index is 0.176. The number of hydrogen-bond donors (Lipinski definition) is 0. The van der Waals surface area contributed by atoms with Crippen LogP contribution in [0.5, 0.6) is 0 Å². The Balaban J connectivity index is 2.01. The van der Waals surface area contributed by atoms with Crippen LogP contribution in [0.1, 0.15) is 23.5 Å². The fourth-order valence-corrected chi connectivity index (χ4v) is 4.98. The lowest BCUT2D eigenvalue weighted by atomic mass is 9.80. The summed E-state index contributed by atoms with van der Waals surface area (Å²) in [6.07, 6.45) is 0.761. The summed E-state index contributed by atoms with van der Waals surface area (Å²) in [4.78, 5) is 0. The van der Waals surface area contributed by atoms with E-state index in [2.05, 4.69) is 24.3 Å². The van der Waals surface area contributed by atoms with Gasteiger partial charge in [0.15, 0.2) is 9.84 Å². The predicted molar refractivity (Wildman–Crippen MR) is 81.5 cm³/mol. The molecule has 2 aromatic rings. The van der Waals surface area contributed by atoms with Crippen molar-refractivity contribution in [3.8, 4) is 0 Å². The lowest BCUT2D eigenvalue weighted by Crippen LogP contribution is -2.16. The zero-order valence-electron chi connectivity index (χ0n) is 11.3. The fraction of sp³-hybridized carbons (Fsp3) is 0.294. The SMILES string of the molecule is O=S1(=O)CCC(C(c2ccccc2)c2ccccc2)C1. The molecular formula is C17H18O2S. The Kier molecular flexibility index (Phi) is 3.62. The second kappa shape index (κ2) is 5.41. The van der Waals surface area contributed by atoms with Gasteiger partial charge in [0.1, 0.15) is 0 Å². The van der Waals surface area contributed by atoms with Crippen LogP contribution in [0.4, 0.5) is 0 Å². The van der Waals surface area contributed by atoms with E-state index < -0.39 is 9.84 Å². The van der Waals surface area contributed by atoms with Gasteiger partial charge in [0.2, 0.25) is 0 Å². The molecule has 1 aliphatic rings. The van der Waals surface area contributed by atoms with Crippen LogP contribution in [-0.4, -0.2) is 19.9 Å². The molecule has 1 saturated heterocycles. The topological polar surface area (TPSA) is 34.1 Å². The molecule has 104 valence electrons. The van der Waals surface area contributed by atoms with E-state index in [0.717, 1.165) is 6.42 Å². The first-order valence-electron chi connectivity index (χ1n) is 6.96. The summed E-state index contributed by atoms with van der Waals surface area (Å²) >= 11 is 0. The summed E-state index contributed by atoms with van der Waals surface area (Å²) in [6, 6.07) is 20.5. The highest BCUT2D eigenvalue weighted by molar-refractivity contribution is 7.91. The molecule has 0 aliphatic carbocycles. The molecule has 0 N–H and O–H groups in total. The molecule has 2 aromatic carbocycles. The van der Waals surface area contributed by atoms with Crippen LogP contribution in [0.3, 0.4) is 0 Å². The second-order valence-corrected chi connectivity index (χ2v) is 7.69. The van der Waals surface area contributed by atoms with Crippen LogP contribution in [-0.2, 0) is 9.84 Å². The molecule has 1 fully saturated rings. The van der Waals surface area contributed by atoms with Crippen molar-refractivity contribution in [2.24, 2.45) is 5.92 Å². The minimum atomic E-state index is -2.86. The Labute approximate surface area is 120 Å². The van der Waals surface area contributed by atoms with E-state index in [1.54, 1.807) is 0 Å². The van der Waals surface area contributed by atoms with Crippen molar-refractivity contribution in [1.29, 1.82) is 0 Å². The third-order valence-corrected chi connectivity index (χ3v) is 5.85. The van der Waals surface area contributed by atoms with Crippen molar-refractivity contribution in [1.82, 2.24) is 0 Å². The van der Waals surface area contributed by atoms with Crippen LogP contribution in [0.25, 0.3) is 0 Å². The van der Waals surface area contributed by atoms with E-state index in [1.807, 2.05) is 36.4 Å². The summed E-state index contributed by atoms with van der Waals surface area (Å²) < 4.78 is 23.6. The van der Waals surface area contributed by atoms with Gasteiger partial charge >= 0.3 is 0 Å². The van der Waals surface area contributed by atoms with E-state index in [1.165, 1.54) is 11.1 Å². The minimum Gasteiger partial charge on any atom is -0.229 e. The third kappa shape index (κ3) is 2.78. The van der Waals surface area contributed by atoms with Gasteiger partial charge in [0.25, 0.3) is 0 Å². The quantitative estimate of drug-likeness (QED) is 0.868. The van der Waals surface area contributed by atoms with Crippen molar-refractivity contribution < 1.29 is 8.42 Å². The lowest BCUT2D eigenvalue weighted by molar-refractivity contribution is 0.522. The number of rotatable bonds is 3. The van der Waals surface area contributed by atoms with Crippen LogP contribution in [0, 0.1) is 5.92 Å². The zero-order valence-corrected chi connectivity index (χ0v) is 12.1. The Morgan fingerprint density at radius 1 is 0.850 bits per heavy atom. The highest BCUT2D eigenvalue weighted by atomic mass is 32.2. The maximum Gasteiger partial charge on any atom is 0.150 e. The van der Waals surface area contributed by atoms with Crippen molar-refractivity contribution in [3.63, 3.8) is 0 Å². The number of hydrogen-bond acceptors (Lipinski definition) is 2. The van der Waals surface area contributed by atoms with Gasteiger partial charge in [0.05, 0.1) is 11.5 Å². The molecule has 0 amide bonds. The van der Waals surface area contributed by atoms with E-state index >= 15 is 0 Å². The van der Waals surface area contributed by atoms with Crippen molar-refractivity contribution in [2.45, 2.75) is 12.3 Å². The van der Waals surface area contributed by atoms with E-state index in [4.69, 9.17) is 0 Å². The molecule has 2 nitrogen and oxygen atoms in total. The van der Waals surface area contributed by atoms with Crippen LogP contribution < -0.4 is 0 Å². The average molecular weight is 286 g/mol. The van der Waals surface area contributed by atoms with Gasteiger partial charge in [-0.1, -0.05) is 60.7 Å². The van der Waals surface area contributed by atoms with E-state index in [9.17, 15) is 8.42 Å². The summed E-state index contributed by atoms with van der Waals surface area (Å²) in [7, 11) is -2.86. The average Bonchev–Trinajstić information content (AvgIpc) is 2.81. The molecular weight excluding hydrogens is 268 g/mol. The normalized spacial score (nSPS) is 21.1. The Hall–Kier alpha value is -1.61. The Morgan fingerprint density at radius 2 is 1.35 bits per heavy atom. The molecule has 0 bridgehead atoms. The van der Waals surface area contributed by atoms with Gasteiger partial charge < -0.3 is 0 Å². The molecule has 1 unspecified atom stereocenters. The predicted octanol–water partition coefficient (Wildman–Crippen LogP) is 3.25. The van der Waals surface area contributed by atoms with Crippen LogP contribution >= 0.6 is 0 Å². The van der Waals surface area contributed by atoms with Gasteiger partial charge in [-0.25, -0.2) is 8.42 Å². The van der Waals surface area contributed by atoms with Crippen LogP contribution in [0.15, 0.2) is 60.7 Å². The molecule has 0 saturated carbocycles. The first kappa shape index (κ1) is 13.4. The largest absolute Gasteiger partial charge is 0.229 e. The molecule has 0 radical (unpaired) electrons. The summed E-state index contributed by atoms with van der Waals surface area (Å²) in [5.41, 5.74) is 2.42. The van der Waals surface area contributed by atoms with Crippen molar-refractivity contribution in [3.05, 3.63) is 71.8 Å². The Morgan fingerprint density at radius 3 is 1.75 bits per heavy atom. The van der Waals surface area contributed by atoms with Crippen molar-refractivity contribution >= 4 is 9.84 Å². The summed E-state index contributed by atoms with van der Waals surface area (Å²) in [5, 5.41) is 0. The molecule has 20 heavy (non-hydrogen) atoms. The van der Waals surface area contributed by atoms with Gasteiger partial charge in [-0.05, 0) is 23.5 Å².